The van der Waals surface area contributed by atoms with E-state index in [0.717, 1.165) is 6.42 Å². The van der Waals surface area contributed by atoms with Crippen molar-refractivity contribution >= 4 is 17.6 Å². The van der Waals surface area contributed by atoms with Gasteiger partial charge in [-0.3, -0.25) is 4.79 Å². The largest absolute Gasteiger partial charge is 0.477 e. The number of amides is 1. The number of aryl methyl sites for hydroxylation is 1. The number of rotatable bonds is 4. The topological polar surface area (TPSA) is 79.3 Å². The van der Waals surface area contributed by atoms with Gasteiger partial charge >= 0.3 is 5.97 Å². The Hall–Kier alpha value is -2.17. The lowest BCUT2D eigenvalue weighted by molar-refractivity contribution is -0.112. The number of carbonyl (C=O) groups is 2. The highest BCUT2D eigenvalue weighted by molar-refractivity contribution is 6.03. The molecule has 0 aliphatic carbocycles. The van der Waals surface area contributed by atoms with Crippen LogP contribution in [0.3, 0.4) is 0 Å². The third-order valence-electron chi connectivity index (χ3n) is 2.41. The van der Waals surface area contributed by atoms with Gasteiger partial charge in [0.2, 0.25) is 0 Å². The second kappa shape index (κ2) is 5.95. The van der Waals surface area contributed by atoms with Crippen molar-refractivity contribution in [2.24, 2.45) is 0 Å². The first kappa shape index (κ1) is 13.9. The molecule has 0 aliphatic rings. The van der Waals surface area contributed by atoms with Gasteiger partial charge in [0, 0.05) is 5.57 Å². The molecule has 1 aromatic rings. The lowest BCUT2D eigenvalue weighted by Crippen LogP contribution is -2.14. The van der Waals surface area contributed by atoms with E-state index < -0.39 is 5.97 Å². The zero-order valence-corrected chi connectivity index (χ0v) is 10.7. The molecular formula is C13H16N2O3. The minimum atomic E-state index is -1.08. The van der Waals surface area contributed by atoms with Crippen LogP contribution < -0.4 is 5.32 Å². The minimum Gasteiger partial charge on any atom is -0.477 e. The van der Waals surface area contributed by atoms with E-state index in [0.29, 0.717) is 16.8 Å². The van der Waals surface area contributed by atoms with Crippen molar-refractivity contribution in [2.45, 2.75) is 27.2 Å². The zero-order valence-electron chi connectivity index (χ0n) is 10.7. The summed E-state index contributed by atoms with van der Waals surface area (Å²) >= 11 is 0. The molecule has 5 heteroatoms. The highest BCUT2D eigenvalue weighted by Crippen LogP contribution is 2.13. The van der Waals surface area contributed by atoms with Gasteiger partial charge in [-0.1, -0.05) is 13.0 Å². The van der Waals surface area contributed by atoms with Crippen molar-refractivity contribution in [3.8, 4) is 0 Å². The van der Waals surface area contributed by atoms with Crippen LogP contribution >= 0.6 is 0 Å². The maximum absolute atomic E-state index is 11.7. The molecule has 0 unspecified atom stereocenters. The first-order valence-electron chi connectivity index (χ1n) is 5.63. The predicted molar refractivity (Wildman–Crippen MR) is 68.6 cm³/mol. The molecule has 1 rings (SSSR count). The maximum atomic E-state index is 11.7. The van der Waals surface area contributed by atoms with Gasteiger partial charge in [0.15, 0.2) is 5.69 Å². The Balaban J connectivity index is 2.87. The summed E-state index contributed by atoms with van der Waals surface area (Å²) in [7, 11) is 0. The Kier molecular flexibility index (Phi) is 4.59. The van der Waals surface area contributed by atoms with Crippen LogP contribution in [0.4, 0.5) is 5.69 Å². The molecule has 2 N–H and O–H groups in total. The fourth-order valence-corrected chi connectivity index (χ4v) is 1.50. The van der Waals surface area contributed by atoms with Crippen molar-refractivity contribution in [3.63, 3.8) is 0 Å². The van der Waals surface area contributed by atoms with E-state index in [1.807, 2.05) is 13.0 Å². The Morgan fingerprint density at radius 3 is 2.67 bits per heavy atom. The van der Waals surface area contributed by atoms with E-state index >= 15 is 0 Å². The quantitative estimate of drug-likeness (QED) is 0.802. The lowest BCUT2D eigenvalue weighted by Gasteiger charge is -2.07. The number of hydrogen-bond acceptors (Lipinski definition) is 3. The Morgan fingerprint density at radius 2 is 2.17 bits per heavy atom. The first-order chi connectivity index (χ1) is 8.45. The maximum Gasteiger partial charge on any atom is 0.354 e. The Morgan fingerprint density at radius 1 is 1.50 bits per heavy atom. The number of aromatic nitrogens is 1. The summed E-state index contributed by atoms with van der Waals surface area (Å²) in [5.41, 5.74) is 1.62. The fourth-order valence-electron chi connectivity index (χ4n) is 1.50. The number of aromatic carboxylic acids is 1. The summed E-state index contributed by atoms with van der Waals surface area (Å²) < 4.78 is 0. The molecule has 1 heterocycles. The predicted octanol–water partition coefficient (Wildman–Crippen LogP) is 2.38. The number of nitrogens with one attached hydrogen (secondary N) is 1. The van der Waals surface area contributed by atoms with Crippen LogP contribution in [0.5, 0.6) is 0 Å². The third kappa shape index (κ3) is 3.41. The summed E-state index contributed by atoms with van der Waals surface area (Å²) in [6, 6.07) is 1.59. The normalized spacial score (nSPS) is 11.2. The number of pyridine rings is 1. The van der Waals surface area contributed by atoms with Gasteiger partial charge in [-0.05, 0) is 31.9 Å². The molecule has 0 atom stereocenters. The van der Waals surface area contributed by atoms with Crippen LogP contribution in [0.1, 0.15) is 36.3 Å². The second-order valence-electron chi connectivity index (χ2n) is 3.94. The van der Waals surface area contributed by atoms with Crippen molar-refractivity contribution in [3.05, 3.63) is 35.2 Å². The summed E-state index contributed by atoms with van der Waals surface area (Å²) in [6.45, 7) is 5.32. The van der Waals surface area contributed by atoms with E-state index in [-0.39, 0.29) is 11.6 Å². The first-order valence-corrected chi connectivity index (χ1v) is 5.63. The molecule has 0 aromatic carbocycles. The Labute approximate surface area is 106 Å². The third-order valence-corrected chi connectivity index (χ3v) is 2.41. The molecule has 0 fully saturated rings. The molecule has 0 bridgehead atoms. The number of carboxylic acid groups (broad SMARTS) is 1. The molecule has 0 radical (unpaired) electrons. The van der Waals surface area contributed by atoms with Crippen LogP contribution in [-0.2, 0) is 4.79 Å². The summed E-state index contributed by atoms with van der Waals surface area (Å²) in [5, 5.41) is 11.5. The van der Waals surface area contributed by atoms with E-state index in [4.69, 9.17) is 5.11 Å². The summed E-state index contributed by atoms with van der Waals surface area (Å²) in [4.78, 5) is 26.3. The van der Waals surface area contributed by atoms with E-state index in [1.165, 1.54) is 6.20 Å². The molecule has 18 heavy (non-hydrogen) atoms. The summed E-state index contributed by atoms with van der Waals surface area (Å²) in [5.74, 6) is -1.28. The van der Waals surface area contributed by atoms with E-state index in [1.54, 1.807) is 19.9 Å². The van der Waals surface area contributed by atoms with Crippen LogP contribution in [0.25, 0.3) is 0 Å². The molecule has 0 saturated carbocycles. The molecule has 0 aliphatic heterocycles. The zero-order chi connectivity index (χ0) is 13.7. The minimum absolute atomic E-state index is 0.00572. The van der Waals surface area contributed by atoms with Crippen molar-refractivity contribution in [1.29, 1.82) is 0 Å². The van der Waals surface area contributed by atoms with Gasteiger partial charge in [0.1, 0.15) is 0 Å². The smallest absolute Gasteiger partial charge is 0.354 e. The van der Waals surface area contributed by atoms with Gasteiger partial charge in [-0.15, -0.1) is 0 Å². The molecule has 0 spiro atoms. The SMILES string of the molecule is CC/C=C(\C)C(=O)Nc1cnc(C(=O)O)c(C)c1. The molecule has 0 saturated heterocycles. The van der Waals surface area contributed by atoms with Crippen LogP contribution in [0.15, 0.2) is 23.9 Å². The Bertz CT molecular complexity index is 507. The number of hydrogen-bond donors (Lipinski definition) is 2. The number of nitrogens with zero attached hydrogens (tertiary/aromatic N) is 1. The van der Waals surface area contributed by atoms with Crippen molar-refractivity contribution < 1.29 is 14.7 Å². The van der Waals surface area contributed by atoms with Crippen LogP contribution in [0, 0.1) is 6.92 Å². The van der Waals surface area contributed by atoms with Gasteiger partial charge < -0.3 is 10.4 Å². The highest BCUT2D eigenvalue weighted by Gasteiger charge is 2.10. The van der Waals surface area contributed by atoms with Crippen molar-refractivity contribution in [1.82, 2.24) is 4.98 Å². The van der Waals surface area contributed by atoms with Gasteiger partial charge in [-0.25, -0.2) is 9.78 Å². The number of carboxylic acids is 1. The molecule has 1 amide bonds. The number of anilines is 1. The molecular weight excluding hydrogens is 232 g/mol. The standard InChI is InChI=1S/C13H16N2O3/c1-4-5-8(2)12(16)15-10-6-9(3)11(13(17)18)14-7-10/h5-7H,4H2,1-3H3,(H,15,16)(H,17,18)/b8-5+. The molecule has 1 aromatic heterocycles. The van der Waals surface area contributed by atoms with Crippen molar-refractivity contribution in [2.75, 3.05) is 5.32 Å². The fraction of sp³-hybridized carbons (Fsp3) is 0.308. The molecule has 96 valence electrons. The number of carbonyl (C=O) groups excluding carboxylic acids is 1. The lowest BCUT2D eigenvalue weighted by atomic mass is 10.2. The van der Waals surface area contributed by atoms with Gasteiger partial charge in [-0.2, -0.15) is 0 Å². The number of allylic oxidation sites excluding steroid dienone is 1. The monoisotopic (exact) mass is 248 g/mol. The summed E-state index contributed by atoms with van der Waals surface area (Å²) in [6.07, 6.45) is 3.95. The van der Waals surface area contributed by atoms with Gasteiger partial charge in [0.25, 0.3) is 5.91 Å². The average Bonchev–Trinajstić information content (AvgIpc) is 2.28. The van der Waals surface area contributed by atoms with E-state index in [9.17, 15) is 9.59 Å². The molecule has 5 nitrogen and oxygen atoms in total. The average molecular weight is 248 g/mol. The highest BCUT2D eigenvalue weighted by atomic mass is 16.4. The van der Waals surface area contributed by atoms with E-state index in [2.05, 4.69) is 10.3 Å². The van der Waals surface area contributed by atoms with Crippen LogP contribution in [0.2, 0.25) is 0 Å². The second-order valence-corrected chi connectivity index (χ2v) is 3.94. The van der Waals surface area contributed by atoms with Gasteiger partial charge in [0.05, 0.1) is 11.9 Å². The van der Waals surface area contributed by atoms with Crippen LogP contribution in [-0.4, -0.2) is 22.0 Å².